The van der Waals surface area contributed by atoms with Crippen LogP contribution in [0.1, 0.15) is 59.3 Å². The zero-order valence-electron chi connectivity index (χ0n) is 11.4. The molecule has 0 saturated heterocycles. The molecule has 0 aliphatic heterocycles. The molecule has 1 fully saturated rings. The Bertz CT molecular complexity index is 180. The first-order valence-electron chi connectivity index (χ1n) is 7.16. The number of nitrogens with zero attached hydrogens (tertiary/aromatic N) is 1. The van der Waals surface area contributed by atoms with Gasteiger partial charge in [0.2, 0.25) is 0 Å². The minimum Gasteiger partial charge on any atom is -0.330 e. The van der Waals surface area contributed by atoms with Gasteiger partial charge in [-0.1, -0.05) is 26.2 Å². The molecule has 2 heteroatoms. The van der Waals surface area contributed by atoms with Crippen LogP contribution >= 0.6 is 0 Å². The zero-order valence-corrected chi connectivity index (χ0v) is 11.4. The van der Waals surface area contributed by atoms with Gasteiger partial charge in [-0.25, -0.2) is 0 Å². The fourth-order valence-corrected chi connectivity index (χ4v) is 3.08. The Morgan fingerprint density at radius 1 is 1.25 bits per heavy atom. The zero-order chi connectivity index (χ0) is 12.0. The van der Waals surface area contributed by atoms with E-state index >= 15 is 0 Å². The third kappa shape index (κ3) is 3.74. The second kappa shape index (κ2) is 7.29. The van der Waals surface area contributed by atoms with Crippen LogP contribution < -0.4 is 5.73 Å². The average Bonchev–Trinajstić information content (AvgIpc) is 2.71. The maximum absolute atomic E-state index is 5.89. The van der Waals surface area contributed by atoms with E-state index in [1.165, 1.54) is 45.1 Å². The highest BCUT2D eigenvalue weighted by Gasteiger charge is 2.31. The molecule has 2 nitrogen and oxygen atoms in total. The first-order chi connectivity index (χ1) is 7.70. The normalized spacial score (nSPS) is 25.9. The second-order valence-electron chi connectivity index (χ2n) is 5.53. The van der Waals surface area contributed by atoms with Crippen molar-refractivity contribution in [3.05, 3.63) is 0 Å². The van der Waals surface area contributed by atoms with Gasteiger partial charge in [0.15, 0.2) is 0 Å². The molecule has 16 heavy (non-hydrogen) atoms. The van der Waals surface area contributed by atoms with E-state index in [4.69, 9.17) is 5.73 Å². The Morgan fingerprint density at radius 3 is 2.56 bits per heavy atom. The van der Waals surface area contributed by atoms with Crippen molar-refractivity contribution >= 4 is 0 Å². The first kappa shape index (κ1) is 14.0. The Hall–Kier alpha value is -0.0800. The highest BCUT2D eigenvalue weighted by molar-refractivity contribution is 4.87. The van der Waals surface area contributed by atoms with Crippen LogP contribution in [0, 0.1) is 5.92 Å². The maximum atomic E-state index is 5.89. The predicted molar refractivity (Wildman–Crippen MR) is 71.6 cm³/mol. The van der Waals surface area contributed by atoms with E-state index in [0.717, 1.165) is 18.5 Å². The molecule has 96 valence electrons. The monoisotopic (exact) mass is 226 g/mol. The summed E-state index contributed by atoms with van der Waals surface area (Å²) in [5.74, 6) is 0.754. The summed E-state index contributed by atoms with van der Waals surface area (Å²) in [5.41, 5.74) is 5.89. The van der Waals surface area contributed by atoms with Crippen molar-refractivity contribution in [2.45, 2.75) is 71.4 Å². The second-order valence-corrected chi connectivity index (χ2v) is 5.53. The van der Waals surface area contributed by atoms with Gasteiger partial charge in [-0.2, -0.15) is 0 Å². The van der Waals surface area contributed by atoms with Gasteiger partial charge in [0.1, 0.15) is 0 Å². The van der Waals surface area contributed by atoms with Crippen molar-refractivity contribution in [1.82, 2.24) is 4.90 Å². The number of rotatable bonds is 7. The summed E-state index contributed by atoms with van der Waals surface area (Å²) >= 11 is 0. The van der Waals surface area contributed by atoms with Crippen LogP contribution in [-0.2, 0) is 0 Å². The van der Waals surface area contributed by atoms with Crippen LogP contribution in [0.3, 0.4) is 0 Å². The summed E-state index contributed by atoms with van der Waals surface area (Å²) in [7, 11) is 0. The highest BCUT2D eigenvalue weighted by Crippen LogP contribution is 2.30. The Kier molecular flexibility index (Phi) is 6.37. The van der Waals surface area contributed by atoms with Gasteiger partial charge in [0.25, 0.3) is 0 Å². The quantitative estimate of drug-likeness (QED) is 0.676. The number of unbranched alkanes of at least 4 members (excludes halogenated alkanes) is 2. The number of hydrogen-bond acceptors (Lipinski definition) is 2. The minimum absolute atomic E-state index is 0.675. The molecular formula is C14H30N2. The van der Waals surface area contributed by atoms with Crippen molar-refractivity contribution in [2.24, 2.45) is 11.7 Å². The van der Waals surface area contributed by atoms with Gasteiger partial charge in [-0.05, 0) is 52.1 Å². The van der Waals surface area contributed by atoms with Crippen LogP contribution in [0.4, 0.5) is 0 Å². The van der Waals surface area contributed by atoms with Gasteiger partial charge in [-0.15, -0.1) is 0 Å². The third-order valence-corrected chi connectivity index (χ3v) is 4.03. The van der Waals surface area contributed by atoms with Crippen LogP contribution in [0.15, 0.2) is 0 Å². The lowest BCUT2D eigenvalue weighted by atomic mass is 10.0. The molecular weight excluding hydrogens is 196 g/mol. The van der Waals surface area contributed by atoms with E-state index in [9.17, 15) is 0 Å². The van der Waals surface area contributed by atoms with E-state index < -0.39 is 0 Å². The molecule has 0 aromatic rings. The number of hydrogen-bond donors (Lipinski definition) is 1. The molecule has 0 radical (unpaired) electrons. The molecule has 0 aromatic carbocycles. The van der Waals surface area contributed by atoms with Crippen LogP contribution in [0.5, 0.6) is 0 Å². The first-order valence-corrected chi connectivity index (χ1v) is 7.16. The molecule has 0 heterocycles. The highest BCUT2D eigenvalue weighted by atomic mass is 15.2. The fourth-order valence-electron chi connectivity index (χ4n) is 3.08. The molecule has 0 bridgehead atoms. The summed E-state index contributed by atoms with van der Waals surface area (Å²) in [4.78, 5) is 2.71. The van der Waals surface area contributed by atoms with E-state index in [1.807, 2.05) is 0 Å². The minimum atomic E-state index is 0.675. The molecule has 1 aliphatic carbocycles. The van der Waals surface area contributed by atoms with E-state index in [2.05, 4.69) is 25.7 Å². The van der Waals surface area contributed by atoms with Gasteiger partial charge < -0.3 is 5.73 Å². The molecule has 2 atom stereocenters. The lowest BCUT2D eigenvalue weighted by Crippen LogP contribution is -2.44. The molecule has 0 spiro atoms. The van der Waals surface area contributed by atoms with E-state index in [0.29, 0.717) is 6.04 Å². The van der Waals surface area contributed by atoms with E-state index in [1.54, 1.807) is 0 Å². The molecule has 2 unspecified atom stereocenters. The fraction of sp³-hybridized carbons (Fsp3) is 1.00. The van der Waals surface area contributed by atoms with Crippen molar-refractivity contribution < 1.29 is 0 Å². The Labute approximate surface area is 102 Å². The third-order valence-electron chi connectivity index (χ3n) is 4.03. The van der Waals surface area contributed by atoms with Crippen molar-refractivity contribution in [3.63, 3.8) is 0 Å². The Morgan fingerprint density at radius 2 is 2.00 bits per heavy atom. The topological polar surface area (TPSA) is 29.3 Å². The molecule has 0 aromatic heterocycles. The smallest absolute Gasteiger partial charge is 0.0138 e. The maximum Gasteiger partial charge on any atom is 0.0138 e. The van der Waals surface area contributed by atoms with Crippen molar-refractivity contribution in [1.29, 1.82) is 0 Å². The van der Waals surface area contributed by atoms with Crippen molar-refractivity contribution in [2.75, 3.05) is 13.1 Å². The molecule has 0 amide bonds. The van der Waals surface area contributed by atoms with Gasteiger partial charge >= 0.3 is 0 Å². The standard InChI is InChI=1S/C14H30N2/c1-4-5-6-10-16(12(2)3)14-9-7-8-13(14)11-15/h12-14H,4-11,15H2,1-3H3. The van der Waals surface area contributed by atoms with Gasteiger partial charge in [-0.3, -0.25) is 4.90 Å². The van der Waals surface area contributed by atoms with Gasteiger partial charge in [0.05, 0.1) is 0 Å². The molecule has 1 saturated carbocycles. The summed E-state index contributed by atoms with van der Waals surface area (Å²) < 4.78 is 0. The van der Waals surface area contributed by atoms with Crippen LogP contribution in [0.25, 0.3) is 0 Å². The number of nitrogens with two attached hydrogens (primary N) is 1. The molecule has 1 aliphatic rings. The summed E-state index contributed by atoms with van der Waals surface area (Å²) in [6.45, 7) is 9.09. The van der Waals surface area contributed by atoms with E-state index in [-0.39, 0.29) is 0 Å². The van der Waals surface area contributed by atoms with Crippen LogP contribution in [-0.4, -0.2) is 30.1 Å². The van der Waals surface area contributed by atoms with Crippen molar-refractivity contribution in [3.8, 4) is 0 Å². The summed E-state index contributed by atoms with van der Waals surface area (Å²) in [6, 6.07) is 1.44. The summed E-state index contributed by atoms with van der Waals surface area (Å²) in [6.07, 6.45) is 8.12. The SMILES string of the molecule is CCCCCN(C(C)C)C1CCCC1CN. The molecule has 2 N–H and O–H groups in total. The van der Waals surface area contributed by atoms with Crippen LogP contribution in [0.2, 0.25) is 0 Å². The predicted octanol–water partition coefficient (Wildman–Crippen LogP) is 3.01. The Balaban J connectivity index is 2.48. The molecule has 1 rings (SSSR count). The summed E-state index contributed by atoms with van der Waals surface area (Å²) in [5, 5.41) is 0. The largest absolute Gasteiger partial charge is 0.330 e. The lowest BCUT2D eigenvalue weighted by molar-refractivity contribution is 0.122. The van der Waals surface area contributed by atoms with Gasteiger partial charge in [0, 0.05) is 12.1 Å². The lowest BCUT2D eigenvalue weighted by Gasteiger charge is -2.36. The average molecular weight is 226 g/mol.